The van der Waals surface area contributed by atoms with Gasteiger partial charge in [-0.2, -0.15) is 0 Å². The van der Waals surface area contributed by atoms with E-state index in [2.05, 4.69) is 20.3 Å². The first-order valence-corrected chi connectivity index (χ1v) is 8.57. The lowest BCUT2D eigenvalue weighted by molar-refractivity contribution is -0.116. The molecular formula is C19H19N5O2. The third-order valence-corrected chi connectivity index (χ3v) is 4.23. The van der Waals surface area contributed by atoms with Crippen molar-refractivity contribution in [3.8, 4) is 17.4 Å². The molecule has 0 spiro atoms. The van der Waals surface area contributed by atoms with Crippen molar-refractivity contribution in [2.45, 2.75) is 26.2 Å². The predicted octanol–water partition coefficient (Wildman–Crippen LogP) is 3.50. The van der Waals surface area contributed by atoms with Crippen LogP contribution in [0.5, 0.6) is 11.6 Å². The molecule has 1 aromatic carbocycles. The number of hydrogen-bond acceptors (Lipinski definition) is 5. The Morgan fingerprint density at radius 1 is 1.23 bits per heavy atom. The second-order valence-corrected chi connectivity index (χ2v) is 6.38. The van der Waals surface area contributed by atoms with Gasteiger partial charge in [0.1, 0.15) is 23.7 Å². The molecule has 0 saturated heterocycles. The first kappa shape index (κ1) is 16.3. The third-order valence-electron chi connectivity index (χ3n) is 4.23. The number of ether oxygens (including phenoxy) is 1. The lowest BCUT2D eigenvalue weighted by Crippen LogP contribution is -2.11. The van der Waals surface area contributed by atoms with E-state index >= 15 is 0 Å². The Bertz CT molecular complexity index is 916. The summed E-state index contributed by atoms with van der Waals surface area (Å²) in [6.07, 6.45) is 7.94. The van der Waals surface area contributed by atoms with Crippen LogP contribution in [-0.4, -0.2) is 25.4 Å². The quantitative estimate of drug-likeness (QED) is 0.736. The highest BCUT2D eigenvalue weighted by Crippen LogP contribution is 2.32. The molecule has 132 valence electrons. The van der Waals surface area contributed by atoms with Gasteiger partial charge < -0.3 is 10.1 Å². The molecule has 0 unspecified atom stereocenters. The van der Waals surface area contributed by atoms with Gasteiger partial charge in [0, 0.05) is 30.6 Å². The minimum Gasteiger partial charge on any atom is -0.439 e. The average Bonchev–Trinajstić information content (AvgIpc) is 3.34. The molecule has 1 amide bonds. The van der Waals surface area contributed by atoms with Gasteiger partial charge in [-0.25, -0.2) is 15.0 Å². The number of anilines is 1. The number of benzene rings is 1. The molecule has 1 aliphatic carbocycles. The molecule has 26 heavy (non-hydrogen) atoms. The van der Waals surface area contributed by atoms with Gasteiger partial charge in [0.05, 0.1) is 0 Å². The lowest BCUT2D eigenvalue weighted by atomic mass is 10.2. The SMILES string of the molecule is Cc1nccn1-c1cc(Oc2ccc(NC(=O)CC3CC3)cc2)ncn1. The Morgan fingerprint density at radius 2 is 2.04 bits per heavy atom. The zero-order chi connectivity index (χ0) is 17.9. The standard InChI is InChI=1S/C19H19N5O2/c1-13-20-8-9-24(13)17-11-19(22-12-21-17)26-16-6-4-15(5-7-16)23-18(25)10-14-2-3-14/h4-9,11-12,14H,2-3,10H2,1H3,(H,23,25). The second kappa shape index (κ2) is 6.95. The van der Waals surface area contributed by atoms with E-state index in [-0.39, 0.29) is 5.91 Å². The van der Waals surface area contributed by atoms with Crippen molar-refractivity contribution in [1.82, 2.24) is 19.5 Å². The first-order valence-electron chi connectivity index (χ1n) is 8.57. The van der Waals surface area contributed by atoms with Gasteiger partial charge in [0.15, 0.2) is 0 Å². The molecule has 1 aliphatic rings. The van der Waals surface area contributed by atoms with Gasteiger partial charge in [-0.3, -0.25) is 9.36 Å². The maximum absolute atomic E-state index is 11.8. The molecule has 3 aromatic rings. The van der Waals surface area contributed by atoms with Crippen LogP contribution in [-0.2, 0) is 4.79 Å². The molecular weight excluding hydrogens is 330 g/mol. The summed E-state index contributed by atoms with van der Waals surface area (Å²) in [5, 5.41) is 2.91. The molecule has 1 N–H and O–H groups in total. The maximum atomic E-state index is 11.8. The number of carbonyl (C=O) groups excluding carboxylic acids is 1. The van der Waals surface area contributed by atoms with E-state index in [1.165, 1.54) is 19.2 Å². The van der Waals surface area contributed by atoms with Crippen molar-refractivity contribution >= 4 is 11.6 Å². The molecule has 4 rings (SSSR count). The van der Waals surface area contributed by atoms with Crippen LogP contribution >= 0.6 is 0 Å². The highest BCUT2D eigenvalue weighted by Gasteiger charge is 2.24. The van der Waals surface area contributed by atoms with Gasteiger partial charge in [0.2, 0.25) is 11.8 Å². The molecule has 1 saturated carbocycles. The third kappa shape index (κ3) is 3.88. The van der Waals surface area contributed by atoms with Gasteiger partial charge >= 0.3 is 0 Å². The topological polar surface area (TPSA) is 81.9 Å². The summed E-state index contributed by atoms with van der Waals surface area (Å²) in [6.45, 7) is 1.90. The van der Waals surface area contributed by atoms with Gasteiger partial charge in [-0.1, -0.05) is 0 Å². The van der Waals surface area contributed by atoms with Crippen LogP contribution in [0.25, 0.3) is 5.82 Å². The molecule has 7 heteroatoms. The monoisotopic (exact) mass is 349 g/mol. The van der Waals surface area contributed by atoms with Crippen LogP contribution in [0.4, 0.5) is 5.69 Å². The Labute approximate surface area is 151 Å². The molecule has 2 aromatic heterocycles. The average molecular weight is 349 g/mol. The summed E-state index contributed by atoms with van der Waals surface area (Å²) >= 11 is 0. The highest BCUT2D eigenvalue weighted by atomic mass is 16.5. The Kier molecular flexibility index (Phi) is 4.35. The maximum Gasteiger partial charge on any atom is 0.224 e. The van der Waals surface area contributed by atoms with Crippen LogP contribution in [0.1, 0.15) is 25.1 Å². The fraction of sp³-hybridized carbons (Fsp3) is 0.263. The zero-order valence-corrected chi connectivity index (χ0v) is 14.4. The molecule has 7 nitrogen and oxygen atoms in total. The minimum atomic E-state index is 0.0670. The normalized spacial score (nSPS) is 13.4. The van der Waals surface area contributed by atoms with Crippen molar-refractivity contribution in [3.63, 3.8) is 0 Å². The number of nitrogens with one attached hydrogen (secondary N) is 1. The smallest absolute Gasteiger partial charge is 0.224 e. The van der Waals surface area contributed by atoms with E-state index < -0.39 is 0 Å². The number of rotatable bonds is 6. The van der Waals surface area contributed by atoms with Crippen LogP contribution in [0.15, 0.2) is 49.1 Å². The van der Waals surface area contributed by atoms with Crippen molar-refractivity contribution in [2.75, 3.05) is 5.32 Å². The van der Waals surface area contributed by atoms with Crippen LogP contribution < -0.4 is 10.1 Å². The first-order chi connectivity index (χ1) is 12.7. The summed E-state index contributed by atoms with van der Waals surface area (Å²) in [7, 11) is 0. The number of carbonyl (C=O) groups is 1. The van der Waals surface area contributed by atoms with Crippen molar-refractivity contribution in [3.05, 3.63) is 54.9 Å². The van der Waals surface area contributed by atoms with Gasteiger partial charge in [-0.15, -0.1) is 0 Å². The molecule has 2 heterocycles. The van der Waals surface area contributed by atoms with Crippen LogP contribution in [0.2, 0.25) is 0 Å². The largest absolute Gasteiger partial charge is 0.439 e. The Morgan fingerprint density at radius 3 is 2.73 bits per heavy atom. The zero-order valence-electron chi connectivity index (χ0n) is 14.4. The number of aryl methyl sites for hydroxylation is 1. The Hall–Kier alpha value is -3.22. The lowest BCUT2D eigenvalue weighted by Gasteiger charge is -2.09. The predicted molar refractivity (Wildman–Crippen MR) is 96.4 cm³/mol. The molecule has 0 radical (unpaired) electrons. The van der Waals surface area contributed by atoms with E-state index in [1.807, 2.05) is 29.8 Å². The van der Waals surface area contributed by atoms with Crippen LogP contribution in [0.3, 0.4) is 0 Å². The fourth-order valence-electron chi connectivity index (χ4n) is 2.66. The summed E-state index contributed by atoms with van der Waals surface area (Å²) in [6, 6.07) is 9.00. The summed E-state index contributed by atoms with van der Waals surface area (Å²) in [4.78, 5) is 24.4. The minimum absolute atomic E-state index is 0.0670. The number of hydrogen-bond donors (Lipinski definition) is 1. The number of nitrogens with zero attached hydrogens (tertiary/aromatic N) is 4. The van der Waals surface area contributed by atoms with Crippen molar-refractivity contribution in [2.24, 2.45) is 5.92 Å². The molecule has 0 aliphatic heterocycles. The van der Waals surface area contributed by atoms with E-state index in [0.29, 0.717) is 29.8 Å². The van der Waals surface area contributed by atoms with Crippen molar-refractivity contribution in [1.29, 1.82) is 0 Å². The Balaban J connectivity index is 1.42. The summed E-state index contributed by atoms with van der Waals surface area (Å²) < 4.78 is 7.65. The number of imidazole rings is 1. The summed E-state index contributed by atoms with van der Waals surface area (Å²) in [5.74, 6) is 3.24. The van der Waals surface area contributed by atoms with E-state index in [4.69, 9.17) is 4.74 Å². The molecule has 1 fully saturated rings. The van der Waals surface area contributed by atoms with Gasteiger partial charge in [0.25, 0.3) is 0 Å². The van der Waals surface area contributed by atoms with Gasteiger partial charge in [-0.05, 0) is 49.9 Å². The highest BCUT2D eigenvalue weighted by molar-refractivity contribution is 5.91. The number of amides is 1. The molecule has 0 bridgehead atoms. The van der Waals surface area contributed by atoms with E-state index in [0.717, 1.165) is 11.5 Å². The molecule has 0 atom stereocenters. The van der Waals surface area contributed by atoms with E-state index in [1.54, 1.807) is 24.4 Å². The van der Waals surface area contributed by atoms with Crippen molar-refractivity contribution < 1.29 is 9.53 Å². The number of aromatic nitrogens is 4. The summed E-state index contributed by atoms with van der Waals surface area (Å²) in [5.41, 5.74) is 0.764. The second-order valence-electron chi connectivity index (χ2n) is 6.38. The van der Waals surface area contributed by atoms with Crippen LogP contribution in [0, 0.1) is 12.8 Å². The fourth-order valence-corrected chi connectivity index (χ4v) is 2.66. The van der Waals surface area contributed by atoms with E-state index in [9.17, 15) is 4.79 Å².